The second-order valence-electron chi connectivity index (χ2n) is 4.54. The number of carbonyl (C=O) groups is 1. The van der Waals surface area contributed by atoms with Crippen LogP contribution in [0.5, 0.6) is 0 Å². The van der Waals surface area contributed by atoms with E-state index in [9.17, 15) is 9.18 Å². The van der Waals surface area contributed by atoms with Crippen molar-refractivity contribution < 1.29 is 13.9 Å². The first kappa shape index (κ1) is 14.9. The zero-order valence-corrected chi connectivity index (χ0v) is 11.3. The number of carbonyl (C=O) groups excluding carboxylic acids is 1. The minimum atomic E-state index is -0.567. The second kappa shape index (κ2) is 7.36. The number of benzene rings is 1. The fourth-order valence-electron chi connectivity index (χ4n) is 1.87. The van der Waals surface area contributed by atoms with E-state index in [0.717, 1.165) is 12.8 Å². The highest BCUT2D eigenvalue weighted by molar-refractivity contribution is 6.45. The quantitative estimate of drug-likeness (QED) is 0.634. The maximum atomic E-state index is 12.7. The molecule has 6 nitrogen and oxygen atoms in total. The molecule has 0 aliphatic carbocycles. The number of halogens is 1. The lowest BCUT2D eigenvalue weighted by Crippen LogP contribution is -2.36. The van der Waals surface area contributed by atoms with Crippen molar-refractivity contribution in [1.82, 2.24) is 5.32 Å². The van der Waals surface area contributed by atoms with Crippen LogP contribution >= 0.6 is 0 Å². The van der Waals surface area contributed by atoms with Gasteiger partial charge in [-0.1, -0.05) is 0 Å². The summed E-state index contributed by atoms with van der Waals surface area (Å²) in [6.45, 7) is 1.06. The summed E-state index contributed by atoms with van der Waals surface area (Å²) >= 11 is 0. The zero-order valence-electron chi connectivity index (χ0n) is 11.3. The molecule has 110 valence electrons. The van der Waals surface area contributed by atoms with Crippen molar-refractivity contribution in [3.8, 4) is 6.07 Å². The lowest BCUT2D eigenvalue weighted by molar-refractivity contribution is -0.115. The molecule has 1 fully saturated rings. The van der Waals surface area contributed by atoms with Crippen LogP contribution in [0.2, 0.25) is 0 Å². The first-order chi connectivity index (χ1) is 10.2. The number of rotatable bonds is 5. The molecule has 0 saturated carbocycles. The molecule has 1 aromatic rings. The standard InChI is InChI=1S/C14H15FN4O2/c15-10-3-5-11(6-4-10)18-19-13(8-16)14(20)17-9-12-2-1-7-21-12/h3-6,12,18H,1-2,7,9H2,(H,17,20)/b19-13-/t12-/m1/s1. The summed E-state index contributed by atoms with van der Waals surface area (Å²) in [6.07, 6.45) is 1.87. The van der Waals surface area contributed by atoms with E-state index in [-0.39, 0.29) is 17.6 Å². The van der Waals surface area contributed by atoms with Crippen LogP contribution in [-0.4, -0.2) is 30.9 Å². The van der Waals surface area contributed by atoms with E-state index in [2.05, 4.69) is 15.8 Å². The van der Waals surface area contributed by atoms with Crippen molar-refractivity contribution in [1.29, 1.82) is 5.26 Å². The van der Waals surface area contributed by atoms with Gasteiger partial charge in [0.25, 0.3) is 5.91 Å². The summed E-state index contributed by atoms with van der Waals surface area (Å²) in [5, 5.41) is 15.3. The van der Waals surface area contributed by atoms with Crippen molar-refractivity contribution in [3.05, 3.63) is 30.1 Å². The van der Waals surface area contributed by atoms with E-state index < -0.39 is 5.91 Å². The number of anilines is 1. The molecule has 1 atom stereocenters. The molecule has 2 N–H and O–H groups in total. The molecule has 21 heavy (non-hydrogen) atoms. The summed E-state index contributed by atoms with van der Waals surface area (Å²) < 4.78 is 18.1. The molecule has 0 bridgehead atoms. The number of amides is 1. The van der Waals surface area contributed by atoms with Gasteiger partial charge in [0, 0.05) is 13.2 Å². The average Bonchev–Trinajstić information content (AvgIpc) is 3.01. The van der Waals surface area contributed by atoms with Crippen LogP contribution in [0.25, 0.3) is 0 Å². The maximum absolute atomic E-state index is 12.7. The van der Waals surface area contributed by atoms with Crippen LogP contribution < -0.4 is 10.7 Å². The first-order valence-corrected chi connectivity index (χ1v) is 6.58. The van der Waals surface area contributed by atoms with Gasteiger partial charge in [0.1, 0.15) is 11.9 Å². The number of ether oxygens (including phenoxy) is 1. The lowest BCUT2D eigenvalue weighted by atomic mass is 10.2. The van der Waals surface area contributed by atoms with Crippen LogP contribution in [0.1, 0.15) is 12.8 Å². The highest BCUT2D eigenvalue weighted by Gasteiger charge is 2.18. The molecule has 0 radical (unpaired) electrons. The van der Waals surface area contributed by atoms with Gasteiger partial charge in [0.15, 0.2) is 0 Å². The van der Waals surface area contributed by atoms with E-state index in [1.807, 2.05) is 0 Å². The molecule has 1 heterocycles. The first-order valence-electron chi connectivity index (χ1n) is 6.58. The number of hydrazone groups is 1. The molecular formula is C14H15FN4O2. The van der Waals surface area contributed by atoms with E-state index in [1.165, 1.54) is 24.3 Å². The van der Waals surface area contributed by atoms with E-state index in [0.29, 0.717) is 18.8 Å². The Hall–Kier alpha value is -2.46. The monoisotopic (exact) mass is 290 g/mol. The van der Waals surface area contributed by atoms with Gasteiger partial charge >= 0.3 is 0 Å². The summed E-state index contributed by atoms with van der Waals surface area (Å²) in [7, 11) is 0. The smallest absolute Gasteiger partial charge is 0.282 e. The third-order valence-electron chi connectivity index (χ3n) is 2.98. The Bertz CT molecular complexity index is 559. The summed E-state index contributed by atoms with van der Waals surface area (Å²) in [5.74, 6) is -0.943. The van der Waals surface area contributed by atoms with Crippen LogP contribution in [0, 0.1) is 17.1 Å². The highest BCUT2D eigenvalue weighted by atomic mass is 19.1. The van der Waals surface area contributed by atoms with Gasteiger partial charge < -0.3 is 10.1 Å². The molecule has 1 aromatic carbocycles. The van der Waals surface area contributed by atoms with Gasteiger partial charge in [-0.25, -0.2) is 4.39 Å². The van der Waals surface area contributed by atoms with Crippen molar-refractivity contribution in [2.24, 2.45) is 5.10 Å². The van der Waals surface area contributed by atoms with Crippen LogP contribution in [-0.2, 0) is 9.53 Å². The SMILES string of the molecule is N#C/C(=N/Nc1ccc(F)cc1)C(=O)NC[C@H]1CCCO1. The Morgan fingerprint density at radius 1 is 1.48 bits per heavy atom. The predicted octanol–water partition coefficient (Wildman–Crippen LogP) is 1.41. The topological polar surface area (TPSA) is 86.5 Å². The highest BCUT2D eigenvalue weighted by Crippen LogP contribution is 2.10. The lowest BCUT2D eigenvalue weighted by Gasteiger charge is -2.09. The molecule has 1 saturated heterocycles. The second-order valence-corrected chi connectivity index (χ2v) is 4.54. The Labute approximate surface area is 121 Å². The van der Waals surface area contributed by atoms with Crippen LogP contribution in [0.4, 0.5) is 10.1 Å². The molecule has 0 unspecified atom stereocenters. The van der Waals surface area contributed by atoms with Crippen molar-refractivity contribution in [2.45, 2.75) is 18.9 Å². The van der Waals surface area contributed by atoms with Crippen LogP contribution in [0.3, 0.4) is 0 Å². The van der Waals surface area contributed by atoms with E-state index >= 15 is 0 Å². The van der Waals surface area contributed by atoms with E-state index in [4.69, 9.17) is 10.00 Å². The van der Waals surface area contributed by atoms with Crippen molar-refractivity contribution in [3.63, 3.8) is 0 Å². The Morgan fingerprint density at radius 2 is 2.24 bits per heavy atom. The maximum Gasteiger partial charge on any atom is 0.282 e. The summed E-state index contributed by atoms with van der Waals surface area (Å²) in [6, 6.07) is 7.14. The molecule has 1 amide bonds. The normalized spacial score (nSPS) is 18.1. The third-order valence-corrected chi connectivity index (χ3v) is 2.98. The largest absolute Gasteiger partial charge is 0.376 e. The van der Waals surface area contributed by atoms with Gasteiger partial charge in [0.2, 0.25) is 5.71 Å². The van der Waals surface area contributed by atoms with Gasteiger partial charge in [0.05, 0.1) is 11.8 Å². The summed E-state index contributed by atoms with van der Waals surface area (Å²) in [4.78, 5) is 11.8. The Kier molecular flexibility index (Phi) is 5.23. The number of nitrogens with one attached hydrogen (secondary N) is 2. The van der Waals surface area contributed by atoms with Gasteiger partial charge in [-0.05, 0) is 37.1 Å². The fraction of sp³-hybridized carbons (Fsp3) is 0.357. The fourth-order valence-corrected chi connectivity index (χ4v) is 1.87. The Morgan fingerprint density at radius 3 is 2.86 bits per heavy atom. The predicted molar refractivity (Wildman–Crippen MR) is 75.1 cm³/mol. The van der Waals surface area contributed by atoms with Crippen molar-refractivity contribution >= 4 is 17.3 Å². The molecule has 0 spiro atoms. The molecule has 1 aliphatic heterocycles. The molecule has 7 heteroatoms. The van der Waals surface area contributed by atoms with Crippen molar-refractivity contribution in [2.75, 3.05) is 18.6 Å². The molecule has 1 aliphatic rings. The minimum absolute atomic E-state index is 0.000972. The Balaban J connectivity index is 1.88. The molecule has 2 rings (SSSR count). The average molecular weight is 290 g/mol. The number of hydrogen-bond acceptors (Lipinski definition) is 5. The molecular weight excluding hydrogens is 275 g/mol. The van der Waals surface area contributed by atoms with Gasteiger partial charge in [-0.2, -0.15) is 10.4 Å². The third kappa shape index (κ3) is 4.54. The number of hydrogen-bond donors (Lipinski definition) is 2. The minimum Gasteiger partial charge on any atom is -0.376 e. The summed E-state index contributed by atoms with van der Waals surface area (Å²) in [5.41, 5.74) is 2.73. The molecule has 0 aromatic heterocycles. The zero-order chi connectivity index (χ0) is 15.1. The van der Waals surface area contributed by atoms with E-state index in [1.54, 1.807) is 6.07 Å². The van der Waals surface area contributed by atoms with Gasteiger partial charge in [-0.3, -0.25) is 10.2 Å². The number of nitriles is 1. The number of nitrogens with zero attached hydrogens (tertiary/aromatic N) is 2. The van der Waals surface area contributed by atoms with Gasteiger partial charge in [-0.15, -0.1) is 0 Å². The van der Waals surface area contributed by atoms with Crippen LogP contribution in [0.15, 0.2) is 29.4 Å².